The summed E-state index contributed by atoms with van der Waals surface area (Å²) in [5.41, 5.74) is 0. The van der Waals surface area contributed by atoms with E-state index in [2.05, 4.69) is 12.2 Å². The average molecular weight is 276 g/mol. The van der Waals surface area contributed by atoms with Crippen molar-refractivity contribution in [2.75, 3.05) is 24.6 Å². The second-order valence-electron chi connectivity index (χ2n) is 4.84. The summed E-state index contributed by atoms with van der Waals surface area (Å²) in [5.74, 6) is 0.328. The van der Waals surface area contributed by atoms with Gasteiger partial charge < -0.3 is 10.2 Å². The van der Waals surface area contributed by atoms with Crippen molar-refractivity contribution in [2.24, 2.45) is 0 Å². The normalized spacial score (nSPS) is 21.8. The molecule has 0 spiro atoms. The van der Waals surface area contributed by atoms with Crippen molar-refractivity contribution in [3.8, 4) is 0 Å². The molecule has 0 unspecified atom stereocenters. The third-order valence-electron chi connectivity index (χ3n) is 3.18. The van der Waals surface area contributed by atoms with Gasteiger partial charge in [0.05, 0.1) is 11.5 Å². The van der Waals surface area contributed by atoms with Gasteiger partial charge in [-0.05, 0) is 19.3 Å². The van der Waals surface area contributed by atoms with Gasteiger partial charge in [-0.15, -0.1) is 0 Å². The predicted molar refractivity (Wildman–Crippen MR) is 72.4 cm³/mol. The molecule has 0 aromatic carbocycles. The number of hydrogen-bond acceptors (Lipinski definition) is 3. The Hall–Kier alpha value is -0.780. The van der Waals surface area contributed by atoms with E-state index in [4.69, 9.17) is 0 Å². The quantitative estimate of drug-likeness (QED) is 0.746. The van der Waals surface area contributed by atoms with Crippen molar-refractivity contribution in [3.05, 3.63) is 0 Å². The molecule has 1 aliphatic heterocycles. The van der Waals surface area contributed by atoms with Crippen LogP contribution in [0.2, 0.25) is 0 Å². The number of rotatable bonds is 6. The van der Waals surface area contributed by atoms with Crippen LogP contribution in [0.25, 0.3) is 0 Å². The van der Waals surface area contributed by atoms with Crippen molar-refractivity contribution in [2.45, 2.75) is 45.6 Å². The highest BCUT2D eigenvalue weighted by atomic mass is 32.2. The van der Waals surface area contributed by atoms with Crippen molar-refractivity contribution >= 4 is 15.9 Å². The highest BCUT2D eigenvalue weighted by Gasteiger charge is 2.34. The molecule has 2 amide bonds. The summed E-state index contributed by atoms with van der Waals surface area (Å²) in [7, 11) is -2.94. The molecule has 1 rings (SSSR count). The maximum absolute atomic E-state index is 12.0. The molecule has 6 heteroatoms. The van der Waals surface area contributed by atoms with Crippen LogP contribution in [0.5, 0.6) is 0 Å². The summed E-state index contributed by atoms with van der Waals surface area (Å²) in [5, 5.41) is 2.86. The standard InChI is InChI=1S/C12H24N2O3S/c1-3-5-7-13-12(15)14(8-4-2)11-6-9-18(16,17)10-11/h11H,3-10H2,1-2H3,(H,13,15)/t11-/m1/s1. The largest absolute Gasteiger partial charge is 0.338 e. The molecule has 0 aliphatic carbocycles. The summed E-state index contributed by atoms with van der Waals surface area (Å²) >= 11 is 0. The molecular weight excluding hydrogens is 252 g/mol. The van der Waals surface area contributed by atoms with E-state index < -0.39 is 9.84 Å². The second kappa shape index (κ2) is 6.97. The Morgan fingerprint density at radius 2 is 2.06 bits per heavy atom. The lowest BCUT2D eigenvalue weighted by Crippen LogP contribution is -2.47. The van der Waals surface area contributed by atoms with E-state index in [9.17, 15) is 13.2 Å². The first-order valence-electron chi connectivity index (χ1n) is 6.75. The number of unbranched alkanes of at least 4 members (excludes halogenated alkanes) is 1. The molecule has 1 aliphatic rings. The van der Waals surface area contributed by atoms with Gasteiger partial charge in [-0.25, -0.2) is 13.2 Å². The number of sulfone groups is 1. The van der Waals surface area contributed by atoms with Crippen LogP contribution in [-0.4, -0.2) is 50.0 Å². The van der Waals surface area contributed by atoms with Crippen LogP contribution < -0.4 is 5.32 Å². The molecular formula is C12H24N2O3S. The Kier molecular flexibility index (Phi) is 5.91. The smallest absolute Gasteiger partial charge is 0.317 e. The lowest BCUT2D eigenvalue weighted by atomic mass is 10.2. The van der Waals surface area contributed by atoms with Gasteiger partial charge in [0.1, 0.15) is 0 Å². The van der Waals surface area contributed by atoms with E-state index in [0.717, 1.165) is 19.3 Å². The molecule has 106 valence electrons. The number of carbonyl (C=O) groups excluding carboxylic acids is 1. The Bertz CT molecular complexity index is 368. The minimum absolute atomic E-state index is 0.118. The van der Waals surface area contributed by atoms with E-state index >= 15 is 0 Å². The van der Waals surface area contributed by atoms with Crippen LogP contribution in [0.15, 0.2) is 0 Å². The van der Waals surface area contributed by atoms with Gasteiger partial charge in [-0.3, -0.25) is 0 Å². The third kappa shape index (κ3) is 4.48. The van der Waals surface area contributed by atoms with E-state index in [-0.39, 0.29) is 23.6 Å². The maximum atomic E-state index is 12.0. The predicted octanol–water partition coefficient (Wildman–Crippen LogP) is 1.40. The zero-order valence-corrected chi connectivity index (χ0v) is 12.1. The molecule has 1 saturated heterocycles. The Labute approximate surface area is 110 Å². The molecule has 0 aromatic rings. The van der Waals surface area contributed by atoms with Crippen LogP contribution in [-0.2, 0) is 9.84 Å². The van der Waals surface area contributed by atoms with Gasteiger partial charge in [-0.1, -0.05) is 20.3 Å². The number of amides is 2. The first-order valence-corrected chi connectivity index (χ1v) is 8.57. The third-order valence-corrected chi connectivity index (χ3v) is 4.93. The van der Waals surface area contributed by atoms with Crippen molar-refractivity contribution in [1.29, 1.82) is 0 Å². The summed E-state index contributed by atoms with van der Waals surface area (Å²) in [6.07, 6.45) is 3.40. The zero-order valence-electron chi connectivity index (χ0n) is 11.3. The Morgan fingerprint density at radius 1 is 1.33 bits per heavy atom. The van der Waals surface area contributed by atoms with Gasteiger partial charge in [0.15, 0.2) is 9.84 Å². The topological polar surface area (TPSA) is 66.5 Å². The first-order chi connectivity index (χ1) is 8.50. The average Bonchev–Trinajstić information content (AvgIpc) is 2.66. The molecule has 1 heterocycles. The lowest BCUT2D eigenvalue weighted by molar-refractivity contribution is 0.180. The van der Waals surface area contributed by atoms with Crippen LogP contribution in [0.4, 0.5) is 4.79 Å². The minimum Gasteiger partial charge on any atom is -0.338 e. The van der Waals surface area contributed by atoms with Crippen molar-refractivity contribution in [1.82, 2.24) is 10.2 Å². The monoisotopic (exact) mass is 276 g/mol. The molecule has 0 saturated carbocycles. The zero-order chi connectivity index (χ0) is 13.6. The number of nitrogens with zero attached hydrogens (tertiary/aromatic N) is 1. The van der Waals surface area contributed by atoms with E-state index in [1.54, 1.807) is 4.90 Å². The first kappa shape index (κ1) is 15.3. The molecule has 1 fully saturated rings. The molecule has 5 nitrogen and oxygen atoms in total. The summed E-state index contributed by atoms with van der Waals surface area (Å²) < 4.78 is 22.9. The van der Waals surface area contributed by atoms with Crippen LogP contribution in [0.3, 0.4) is 0 Å². The van der Waals surface area contributed by atoms with E-state index in [1.165, 1.54) is 0 Å². The van der Waals surface area contributed by atoms with E-state index in [1.807, 2.05) is 6.92 Å². The van der Waals surface area contributed by atoms with Gasteiger partial charge in [0.25, 0.3) is 0 Å². The molecule has 0 radical (unpaired) electrons. The SMILES string of the molecule is CCCCNC(=O)N(CCC)[C@@H]1CCS(=O)(=O)C1. The number of carbonyl (C=O) groups is 1. The van der Waals surface area contributed by atoms with Crippen LogP contribution in [0.1, 0.15) is 39.5 Å². The Balaban J connectivity index is 2.56. The number of nitrogens with one attached hydrogen (secondary N) is 1. The molecule has 0 aromatic heterocycles. The van der Waals surface area contributed by atoms with Gasteiger partial charge in [0.2, 0.25) is 0 Å². The fourth-order valence-electron chi connectivity index (χ4n) is 2.19. The maximum Gasteiger partial charge on any atom is 0.317 e. The fourth-order valence-corrected chi connectivity index (χ4v) is 3.92. The Morgan fingerprint density at radius 3 is 2.56 bits per heavy atom. The highest BCUT2D eigenvalue weighted by molar-refractivity contribution is 7.91. The highest BCUT2D eigenvalue weighted by Crippen LogP contribution is 2.18. The summed E-state index contributed by atoms with van der Waals surface area (Å²) in [6, 6.07) is -0.260. The molecule has 18 heavy (non-hydrogen) atoms. The van der Waals surface area contributed by atoms with Crippen LogP contribution >= 0.6 is 0 Å². The summed E-state index contributed by atoms with van der Waals surface area (Å²) in [4.78, 5) is 13.7. The summed E-state index contributed by atoms with van der Waals surface area (Å²) in [6.45, 7) is 5.35. The van der Waals surface area contributed by atoms with E-state index in [0.29, 0.717) is 19.5 Å². The van der Waals surface area contributed by atoms with Crippen molar-refractivity contribution < 1.29 is 13.2 Å². The molecule has 0 bridgehead atoms. The number of urea groups is 1. The van der Waals surface area contributed by atoms with Crippen LogP contribution in [0, 0.1) is 0 Å². The molecule has 1 N–H and O–H groups in total. The second-order valence-corrected chi connectivity index (χ2v) is 7.06. The fraction of sp³-hybridized carbons (Fsp3) is 0.917. The minimum atomic E-state index is -2.94. The number of hydrogen-bond donors (Lipinski definition) is 1. The van der Waals surface area contributed by atoms with Crippen molar-refractivity contribution in [3.63, 3.8) is 0 Å². The van der Waals surface area contributed by atoms with Gasteiger partial charge in [0, 0.05) is 19.1 Å². The molecule has 1 atom stereocenters. The van der Waals surface area contributed by atoms with Gasteiger partial charge in [-0.2, -0.15) is 0 Å². The van der Waals surface area contributed by atoms with Gasteiger partial charge >= 0.3 is 6.03 Å². The lowest BCUT2D eigenvalue weighted by Gasteiger charge is -2.28.